The van der Waals surface area contributed by atoms with Crippen LogP contribution < -0.4 is 5.32 Å². The highest BCUT2D eigenvalue weighted by Gasteiger charge is 2.28. The molecule has 116 valence electrons. The Balaban J connectivity index is 2.33. The minimum atomic E-state index is -0.301. The average Bonchev–Trinajstić information content (AvgIpc) is 2.45. The van der Waals surface area contributed by atoms with Crippen LogP contribution in [0.15, 0.2) is 0 Å². The number of nitrogens with zero attached hydrogens (tertiary/aromatic N) is 2. The average molecular weight is 279 g/mol. The van der Waals surface area contributed by atoms with Crippen LogP contribution in [0, 0.1) is 16.7 Å². The van der Waals surface area contributed by atoms with Crippen LogP contribution in [0.4, 0.5) is 0 Å². The molecular formula is C17H33N3. The van der Waals surface area contributed by atoms with Crippen LogP contribution in [0.2, 0.25) is 0 Å². The van der Waals surface area contributed by atoms with Crippen LogP contribution in [0.3, 0.4) is 0 Å². The van der Waals surface area contributed by atoms with Crippen LogP contribution in [-0.2, 0) is 0 Å². The Hall–Kier alpha value is -0.590. The van der Waals surface area contributed by atoms with Crippen LogP contribution in [-0.4, -0.2) is 36.6 Å². The maximum absolute atomic E-state index is 9.48. The topological polar surface area (TPSA) is 39.1 Å². The summed E-state index contributed by atoms with van der Waals surface area (Å²) in [7, 11) is 0. The lowest BCUT2D eigenvalue weighted by molar-refractivity contribution is 0.128. The number of rotatable bonds is 8. The zero-order valence-corrected chi connectivity index (χ0v) is 14.0. The van der Waals surface area contributed by atoms with Crippen LogP contribution in [0.5, 0.6) is 0 Å². The van der Waals surface area contributed by atoms with E-state index < -0.39 is 0 Å². The zero-order chi connectivity index (χ0) is 15.1. The first-order valence-corrected chi connectivity index (χ1v) is 8.35. The summed E-state index contributed by atoms with van der Waals surface area (Å²) < 4.78 is 0. The Morgan fingerprint density at radius 2 is 1.90 bits per heavy atom. The summed E-state index contributed by atoms with van der Waals surface area (Å²) in [5.74, 6) is 0. The van der Waals surface area contributed by atoms with E-state index in [9.17, 15) is 5.26 Å². The molecule has 1 N–H and O–H groups in total. The minimum Gasteiger partial charge on any atom is -0.303 e. The smallest absolute Gasteiger partial charge is 0.106 e. The van der Waals surface area contributed by atoms with Crippen molar-refractivity contribution in [1.82, 2.24) is 10.2 Å². The lowest BCUT2D eigenvalue weighted by atomic mass is 9.82. The van der Waals surface area contributed by atoms with E-state index in [-0.39, 0.29) is 5.54 Å². The fourth-order valence-corrected chi connectivity index (χ4v) is 2.92. The Kier molecular flexibility index (Phi) is 6.99. The third-order valence-corrected chi connectivity index (χ3v) is 4.82. The van der Waals surface area contributed by atoms with Gasteiger partial charge in [0.25, 0.3) is 0 Å². The summed E-state index contributed by atoms with van der Waals surface area (Å²) in [4.78, 5) is 2.57. The van der Waals surface area contributed by atoms with Gasteiger partial charge in [0.2, 0.25) is 0 Å². The molecule has 0 saturated carbocycles. The van der Waals surface area contributed by atoms with Gasteiger partial charge in [0.1, 0.15) is 5.54 Å². The molecule has 0 aromatic carbocycles. The molecule has 1 unspecified atom stereocenters. The van der Waals surface area contributed by atoms with E-state index in [2.05, 4.69) is 44.0 Å². The highest BCUT2D eigenvalue weighted by atomic mass is 15.1. The van der Waals surface area contributed by atoms with Gasteiger partial charge >= 0.3 is 0 Å². The fourth-order valence-electron chi connectivity index (χ4n) is 2.92. The Morgan fingerprint density at radius 1 is 1.25 bits per heavy atom. The highest BCUT2D eigenvalue weighted by Crippen LogP contribution is 2.30. The Morgan fingerprint density at radius 3 is 2.40 bits per heavy atom. The summed E-state index contributed by atoms with van der Waals surface area (Å²) in [5, 5.41) is 12.9. The van der Waals surface area contributed by atoms with Gasteiger partial charge in [-0.25, -0.2) is 0 Å². The van der Waals surface area contributed by atoms with Gasteiger partial charge < -0.3 is 4.90 Å². The molecule has 1 aliphatic heterocycles. The first-order valence-electron chi connectivity index (χ1n) is 8.35. The van der Waals surface area contributed by atoms with Crippen LogP contribution in [0.25, 0.3) is 0 Å². The van der Waals surface area contributed by atoms with E-state index in [4.69, 9.17) is 0 Å². The molecule has 0 spiro atoms. The molecule has 0 aliphatic carbocycles. The summed E-state index contributed by atoms with van der Waals surface area (Å²) in [6.45, 7) is 13.6. The van der Waals surface area contributed by atoms with Crippen LogP contribution in [0.1, 0.15) is 66.2 Å². The van der Waals surface area contributed by atoms with E-state index >= 15 is 0 Å². The van der Waals surface area contributed by atoms with E-state index in [1.54, 1.807) is 0 Å². The van der Waals surface area contributed by atoms with Gasteiger partial charge in [-0.2, -0.15) is 5.26 Å². The molecule has 1 heterocycles. The van der Waals surface area contributed by atoms with Crippen molar-refractivity contribution in [2.75, 3.05) is 26.2 Å². The fraction of sp³-hybridized carbons (Fsp3) is 0.941. The largest absolute Gasteiger partial charge is 0.303 e. The van der Waals surface area contributed by atoms with Crippen molar-refractivity contribution in [2.45, 2.75) is 71.8 Å². The quantitative estimate of drug-likeness (QED) is 0.738. The Bertz CT molecular complexity index is 309. The molecule has 0 bridgehead atoms. The molecule has 0 aromatic rings. The molecule has 1 saturated heterocycles. The van der Waals surface area contributed by atoms with Gasteiger partial charge in [-0.1, -0.05) is 27.7 Å². The Labute approximate surface area is 125 Å². The van der Waals surface area contributed by atoms with Gasteiger partial charge in [-0.3, -0.25) is 5.32 Å². The maximum atomic E-state index is 9.48. The van der Waals surface area contributed by atoms with E-state index in [1.807, 2.05) is 0 Å². The molecule has 1 rings (SSSR count). The second kappa shape index (κ2) is 8.00. The second-order valence-electron chi connectivity index (χ2n) is 7.08. The van der Waals surface area contributed by atoms with Gasteiger partial charge in [0.15, 0.2) is 0 Å². The van der Waals surface area contributed by atoms with Crippen molar-refractivity contribution >= 4 is 0 Å². The third kappa shape index (κ3) is 5.42. The van der Waals surface area contributed by atoms with Crippen LogP contribution >= 0.6 is 0 Å². The van der Waals surface area contributed by atoms with Crippen molar-refractivity contribution < 1.29 is 0 Å². The molecule has 3 heteroatoms. The SMILES string of the molecule is CCCNC(C#N)(CC)CCCN1CCC(C)(C)CC1. The van der Waals surface area contributed by atoms with Gasteiger partial charge in [0, 0.05) is 0 Å². The van der Waals surface area contributed by atoms with Gasteiger partial charge in [-0.05, 0) is 70.1 Å². The number of piperidine rings is 1. The molecule has 20 heavy (non-hydrogen) atoms. The summed E-state index contributed by atoms with van der Waals surface area (Å²) in [6, 6.07) is 2.52. The summed E-state index contributed by atoms with van der Waals surface area (Å²) in [6.07, 6.45) is 6.69. The molecule has 3 nitrogen and oxygen atoms in total. The minimum absolute atomic E-state index is 0.301. The van der Waals surface area contributed by atoms with Crippen molar-refractivity contribution in [3.63, 3.8) is 0 Å². The number of hydrogen-bond acceptors (Lipinski definition) is 3. The summed E-state index contributed by atoms with van der Waals surface area (Å²) in [5.41, 5.74) is 0.226. The predicted molar refractivity (Wildman–Crippen MR) is 85.6 cm³/mol. The maximum Gasteiger partial charge on any atom is 0.106 e. The number of nitriles is 1. The molecule has 0 amide bonds. The van der Waals surface area contributed by atoms with E-state index in [1.165, 1.54) is 25.9 Å². The number of nitrogens with one attached hydrogen (secondary N) is 1. The summed E-state index contributed by atoms with van der Waals surface area (Å²) >= 11 is 0. The first-order chi connectivity index (χ1) is 9.47. The number of hydrogen-bond donors (Lipinski definition) is 1. The monoisotopic (exact) mass is 279 g/mol. The van der Waals surface area contributed by atoms with Gasteiger partial charge in [0.05, 0.1) is 6.07 Å². The molecular weight excluding hydrogens is 246 g/mol. The van der Waals surface area contributed by atoms with Crippen molar-refractivity contribution in [3.05, 3.63) is 0 Å². The third-order valence-electron chi connectivity index (χ3n) is 4.82. The molecule has 1 atom stereocenters. The lowest BCUT2D eigenvalue weighted by Gasteiger charge is -2.37. The highest BCUT2D eigenvalue weighted by molar-refractivity contribution is 5.06. The second-order valence-corrected chi connectivity index (χ2v) is 7.08. The van der Waals surface area contributed by atoms with E-state index in [0.29, 0.717) is 5.41 Å². The van der Waals surface area contributed by atoms with Crippen molar-refractivity contribution in [2.24, 2.45) is 5.41 Å². The molecule has 0 radical (unpaired) electrons. The van der Waals surface area contributed by atoms with E-state index in [0.717, 1.165) is 38.8 Å². The normalized spacial score (nSPS) is 22.1. The van der Waals surface area contributed by atoms with Gasteiger partial charge in [-0.15, -0.1) is 0 Å². The van der Waals surface area contributed by atoms with Crippen molar-refractivity contribution in [3.8, 4) is 6.07 Å². The zero-order valence-electron chi connectivity index (χ0n) is 14.0. The molecule has 1 fully saturated rings. The predicted octanol–water partition coefficient (Wildman–Crippen LogP) is 3.56. The van der Waals surface area contributed by atoms with Crippen molar-refractivity contribution in [1.29, 1.82) is 5.26 Å². The number of likely N-dealkylation sites (tertiary alicyclic amines) is 1. The molecule has 1 aliphatic rings. The standard InChI is InChI=1S/C17H33N3/c1-5-11-19-17(6-2,15-18)8-7-12-20-13-9-16(3,4)10-14-20/h19H,5-14H2,1-4H3. The molecule has 0 aromatic heterocycles. The lowest BCUT2D eigenvalue weighted by Crippen LogP contribution is -2.45. The first kappa shape index (κ1) is 17.5.